The Kier molecular flexibility index (Phi) is 6.86. The van der Waals surface area contributed by atoms with Crippen molar-refractivity contribution in [1.29, 1.82) is 0 Å². The number of anilines is 2. The molecule has 3 rings (SSSR count). The molecule has 0 unspecified atom stereocenters. The van der Waals surface area contributed by atoms with Crippen LogP contribution in [0.15, 0.2) is 53.2 Å². The van der Waals surface area contributed by atoms with E-state index in [9.17, 15) is 9.59 Å². The van der Waals surface area contributed by atoms with Crippen molar-refractivity contribution in [3.8, 4) is 0 Å². The summed E-state index contributed by atoms with van der Waals surface area (Å²) in [6.45, 7) is 5.45. The lowest BCUT2D eigenvalue weighted by Gasteiger charge is -2.29. The largest absolute Gasteiger partial charge is 0.465 e. The van der Waals surface area contributed by atoms with E-state index in [-0.39, 0.29) is 18.4 Å². The molecule has 2 amide bonds. The summed E-state index contributed by atoms with van der Waals surface area (Å²) >= 11 is 0. The van der Waals surface area contributed by atoms with Crippen LogP contribution in [0.4, 0.5) is 11.4 Å². The maximum Gasteiger partial charge on any atom is 0.247 e. The number of hydrogen-bond acceptors (Lipinski definition) is 5. The zero-order valence-electron chi connectivity index (χ0n) is 16.0. The number of benzene rings is 1. The minimum absolute atomic E-state index is 0.0109. The molecule has 1 aliphatic rings. The lowest BCUT2D eigenvalue weighted by Crippen LogP contribution is -2.37. The quantitative estimate of drug-likeness (QED) is 0.744. The fraction of sp³-hybridized carbons (Fsp3) is 0.333. The number of rotatable bonds is 7. The Labute approximate surface area is 164 Å². The number of furan rings is 1. The lowest BCUT2D eigenvalue weighted by atomic mass is 10.2. The number of carbonyl (C=O) groups excluding carboxylic acids is 2. The normalized spacial score (nSPS) is 14.2. The van der Waals surface area contributed by atoms with Crippen molar-refractivity contribution < 1.29 is 18.7 Å². The van der Waals surface area contributed by atoms with Crippen molar-refractivity contribution in [2.24, 2.45) is 0 Å². The van der Waals surface area contributed by atoms with Gasteiger partial charge in [0.2, 0.25) is 11.8 Å². The molecule has 0 saturated carbocycles. The van der Waals surface area contributed by atoms with Crippen LogP contribution in [0.25, 0.3) is 6.08 Å². The first-order chi connectivity index (χ1) is 13.7. The Bertz CT molecular complexity index is 794. The first-order valence-corrected chi connectivity index (χ1v) is 9.39. The number of nitrogens with zero attached hydrogens (tertiary/aromatic N) is 2. The Balaban J connectivity index is 1.52. The number of nitrogens with one attached hydrogen (secondary N) is 1. The molecule has 7 heteroatoms. The molecule has 0 aliphatic carbocycles. The molecule has 1 saturated heterocycles. The van der Waals surface area contributed by atoms with E-state index in [0.717, 1.165) is 32.0 Å². The fourth-order valence-corrected chi connectivity index (χ4v) is 2.94. The van der Waals surface area contributed by atoms with Gasteiger partial charge in [0.25, 0.3) is 0 Å². The van der Waals surface area contributed by atoms with Gasteiger partial charge in [-0.3, -0.25) is 9.59 Å². The summed E-state index contributed by atoms with van der Waals surface area (Å²) < 4.78 is 10.5. The van der Waals surface area contributed by atoms with Gasteiger partial charge in [-0.15, -0.1) is 0 Å². The number of carbonyl (C=O) groups is 2. The smallest absolute Gasteiger partial charge is 0.247 e. The summed E-state index contributed by atoms with van der Waals surface area (Å²) in [5.41, 5.74) is 1.81. The molecule has 0 atom stereocenters. The summed E-state index contributed by atoms with van der Waals surface area (Å²) in [7, 11) is 0. The third-order valence-electron chi connectivity index (χ3n) is 4.49. The molecule has 1 aliphatic heterocycles. The van der Waals surface area contributed by atoms with E-state index in [1.807, 2.05) is 31.2 Å². The number of morpholine rings is 1. The first kappa shape index (κ1) is 19.7. The predicted octanol–water partition coefficient (Wildman–Crippen LogP) is 2.62. The molecule has 2 aromatic rings. The van der Waals surface area contributed by atoms with Crippen LogP contribution in [0.1, 0.15) is 12.7 Å². The molecule has 0 bridgehead atoms. The fourth-order valence-electron chi connectivity index (χ4n) is 2.94. The summed E-state index contributed by atoms with van der Waals surface area (Å²) in [5.74, 6) is 0.117. The predicted molar refractivity (Wildman–Crippen MR) is 108 cm³/mol. The van der Waals surface area contributed by atoms with E-state index >= 15 is 0 Å². The second kappa shape index (κ2) is 9.75. The van der Waals surface area contributed by atoms with Crippen LogP contribution in [0.5, 0.6) is 0 Å². The highest BCUT2D eigenvalue weighted by atomic mass is 16.5. The van der Waals surface area contributed by atoms with Crippen LogP contribution < -0.4 is 10.2 Å². The second-order valence-electron chi connectivity index (χ2n) is 6.40. The van der Waals surface area contributed by atoms with Gasteiger partial charge in [0.1, 0.15) is 12.3 Å². The molecule has 1 N–H and O–H groups in total. The van der Waals surface area contributed by atoms with Crippen molar-refractivity contribution in [3.05, 3.63) is 54.5 Å². The Morgan fingerprint density at radius 3 is 2.57 bits per heavy atom. The van der Waals surface area contributed by atoms with Crippen LogP contribution in [-0.4, -0.2) is 56.1 Å². The second-order valence-corrected chi connectivity index (χ2v) is 6.40. The third-order valence-corrected chi connectivity index (χ3v) is 4.49. The van der Waals surface area contributed by atoms with Gasteiger partial charge < -0.3 is 24.3 Å². The van der Waals surface area contributed by atoms with Crippen LogP contribution >= 0.6 is 0 Å². The van der Waals surface area contributed by atoms with Gasteiger partial charge in [0.05, 0.1) is 19.5 Å². The van der Waals surface area contributed by atoms with E-state index in [0.29, 0.717) is 18.0 Å². The van der Waals surface area contributed by atoms with Crippen molar-refractivity contribution in [2.75, 3.05) is 49.6 Å². The van der Waals surface area contributed by atoms with Crippen molar-refractivity contribution in [1.82, 2.24) is 4.90 Å². The minimum atomic E-state index is -0.239. The molecule has 1 aromatic heterocycles. The third kappa shape index (κ3) is 5.47. The maximum absolute atomic E-state index is 12.3. The highest BCUT2D eigenvalue weighted by molar-refractivity contribution is 5.98. The van der Waals surface area contributed by atoms with Crippen LogP contribution in [0, 0.1) is 0 Å². The number of likely N-dealkylation sites (N-methyl/N-ethyl adjacent to an activating group) is 1. The molecule has 148 valence electrons. The monoisotopic (exact) mass is 383 g/mol. The van der Waals surface area contributed by atoms with Crippen LogP contribution in [0.3, 0.4) is 0 Å². The van der Waals surface area contributed by atoms with Crippen molar-refractivity contribution in [3.63, 3.8) is 0 Å². The highest BCUT2D eigenvalue weighted by Gasteiger charge is 2.14. The zero-order valence-corrected chi connectivity index (χ0v) is 16.0. The SMILES string of the molecule is CCN(CC(=O)Nc1ccc(N2CCOCC2)cc1)C(=O)/C=C/c1ccco1. The topological polar surface area (TPSA) is 75.0 Å². The maximum atomic E-state index is 12.3. The van der Waals surface area contributed by atoms with Gasteiger partial charge in [-0.1, -0.05) is 0 Å². The average molecular weight is 383 g/mol. The van der Waals surface area contributed by atoms with Crippen LogP contribution in [-0.2, 0) is 14.3 Å². The van der Waals surface area contributed by atoms with E-state index in [2.05, 4.69) is 10.2 Å². The Morgan fingerprint density at radius 2 is 1.93 bits per heavy atom. The van der Waals surface area contributed by atoms with E-state index < -0.39 is 0 Å². The van der Waals surface area contributed by atoms with Gasteiger partial charge in [-0.05, 0) is 49.4 Å². The molecule has 1 aromatic carbocycles. The molecule has 7 nitrogen and oxygen atoms in total. The van der Waals surface area contributed by atoms with Gasteiger partial charge in [0, 0.05) is 37.1 Å². The Hall–Kier alpha value is -3.06. The zero-order chi connectivity index (χ0) is 19.8. The minimum Gasteiger partial charge on any atom is -0.465 e. The lowest BCUT2D eigenvalue weighted by molar-refractivity contribution is -0.130. The van der Waals surface area contributed by atoms with Gasteiger partial charge in [0.15, 0.2) is 0 Å². The van der Waals surface area contributed by atoms with E-state index in [1.54, 1.807) is 24.5 Å². The molecular formula is C21H25N3O4. The highest BCUT2D eigenvalue weighted by Crippen LogP contribution is 2.19. The standard InChI is InChI=1S/C21H25N3O4/c1-2-23(21(26)10-9-19-4-3-13-28-19)16-20(25)22-17-5-7-18(8-6-17)24-11-14-27-15-12-24/h3-10,13H,2,11-12,14-16H2,1H3,(H,22,25)/b10-9+. The average Bonchev–Trinajstić information content (AvgIpc) is 3.25. The summed E-state index contributed by atoms with van der Waals surface area (Å²) in [6.07, 6.45) is 4.54. The van der Waals surface area contributed by atoms with Crippen molar-refractivity contribution in [2.45, 2.75) is 6.92 Å². The summed E-state index contributed by atoms with van der Waals surface area (Å²) in [4.78, 5) is 28.3. The van der Waals surface area contributed by atoms with E-state index in [1.165, 1.54) is 11.0 Å². The van der Waals surface area contributed by atoms with Crippen LogP contribution in [0.2, 0.25) is 0 Å². The van der Waals surface area contributed by atoms with Gasteiger partial charge in [-0.25, -0.2) is 0 Å². The van der Waals surface area contributed by atoms with Gasteiger partial charge in [-0.2, -0.15) is 0 Å². The molecule has 2 heterocycles. The molecular weight excluding hydrogens is 358 g/mol. The molecule has 1 fully saturated rings. The number of amides is 2. The Morgan fingerprint density at radius 1 is 1.18 bits per heavy atom. The molecule has 28 heavy (non-hydrogen) atoms. The molecule has 0 radical (unpaired) electrons. The summed E-state index contributed by atoms with van der Waals surface area (Å²) in [5, 5.41) is 2.84. The van der Waals surface area contributed by atoms with Crippen molar-refractivity contribution >= 4 is 29.3 Å². The van der Waals surface area contributed by atoms with E-state index in [4.69, 9.17) is 9.15 Å². The number of ether oxygens (including phenoxy) is 1. The number of hydrogen-bond donors (Lipinski definition) is 1. The first-order valence-electron chi connectivity index (χ1n) is 9.39. The molecule has 0 spiro atoms. The van der Waals surface area contributed by atoms with Gasteiger partial charge >= 0.3 is 0 Å². The summed E-state index contributed by atoms with van der Waals surface area (Å²) in [6, 6.07) is 11.2.